The van der Waals surface area contributed by atoms with Crippen LogP contribution in [-0.2, 0) is 15.9 Å². The number of aromatic nitrogens is 2. The van der Waals surface area contributed by atoms with E-state index in [1.165, 1.54) is 22.6 Å². The van der Waals surface area contributed by atoms with E-state index in [2.05, 4.69) is 4.98 Å². The molecule has 2 heterocycles. The van der Waals surface area contributed by atoms with Crippen molar-refractivity contribution in [2.75, 3.05) is 20.3 Å². The van der Waals surface area contributed by atoms with Gasteiger partial charge >= 0.3 is 6.09 Å². The topological polar surface area (TPSA) is 111 Å². The number of halogens is 1. The van der Waals surface area contributed by atoms with Gasteiger partial charge in [0, 0.05) is 13.5 Å². The third-order valence-corrected chi connectivity index (χ3v) is 5.77. The normalized spacial score (nSPS) is 17.9. The number of hydrogen-bond donors (Lipinski definition) is 1. The number of ether oxygens (including phenoxy) is 2. The van der Waals surface area contributed by atoms with Gasteiger partial charge < -0.3 is 14.6 Å². The third kappa shape index (κ3) is 5.87. The number of aryl methyl sites for hydroxylation is 2. The van der Waals surface area contributed by atoms with Gasteiger partial charge in [0.1, 0.15) is 23.3 Å². The number of ketones is 1. The molecule has 0 spiro atoms. The zero-order chi connectivity index (χ0) is 26.1. The Morgan fingerprint density at radius 1 is 1.31 bits per heavy atom. The van der Waals surface area contributed by atoms with Crippen molar-refractivity contribution in [1.29, 1.82) is 0 Å². The van der Waals surface area contributed by atoms with Gasteiger partial charge in [0.15, 0.2) is 11.5 Å². The van der Waals surface area contributed by atoms with Crippen molar-refractivity contribution in [3.8, 4) is 5.75 Å². The van der Waals surface area contributed by atoms with E-state index in [9.17, 15) is 23.9 Å². The largest absolute Gasteiger partial charge is 0.501 e. The Bertz CT molecular complexity index is 1190. The standard InChI is InChI=1S/C25H32FN3O6/c1-14-11-16(7-9-17(14)26)8-10-19(30)20-21(31)23(32)29-15(2)12-34-13-18(22(29)27-20)28(6)24(33)35-25(3,4)5/h7,9,11,15,18,31H,8,10,12-13H2,1-6H3/t15-,18+/m0/s1. The average Bonchev–Trinajstić information content (AvgIpc) is 2.93. The van der Waals surface area contributed by atoms with Crippen molar-refractivity contribution in [3.63, 3.8) is 0 Å². The van der Waals surface area contributed by atoms with E-state index in [0.29, 0.717) is 5.56 Å². The number of aromatic hydroxyl groups is 1. The fourth-order valence-corrected chi connectivity index (χ4v) is 3.88. The molecule has 1 aliphatic heterocycles. The quantitative estimate of drug-likeness (QED) is 0.638. The summed E-state index contributed by atoms with van der Waals surface area (Å²) in [6, 6.07) is 3.25. The first-order valence-electron chi connectivity index (χ1n) is 11.5. The highest BCUT2D eigenvalue weighted by molar-refractivity contribution is 5.96. The predicted octanol–water partition coefficient (Wildman–Crippen LogP) is 3.71. The summed E-state index contributed by atoms with van der Waals surface area (Å²) < 4.78 is 25.9. The van der Waals surface area contributed by atoms with E-state index in [-0.39, 0.29) is 43.4 Å². The fourth-order valence-electron chi connectivity index (χ4n) is 3.88. The van der Waals surface area contributed by atoms with Crippen molar-refractivity contribution < 1.29 is 28.6 Å². The Hall–Kier alpha value is -3.27. The molecule has 35 heavy (non-hydrogen) atoms. The molecule has 0 saturated carbocycles. The molecule has 0 unspecified atom stereocenters. The number of hydrogen-bond acceptors (Lipinski definition) is 7. The monoisotopic (exact) mass is 489 g/mol. The highest BCUT2D eigenvalue weighted by Crippen LogP contribution is 2.28. The zero-order valence-corrected chi connectivity index (χ0v) is 20.9. The SMILES string of the molecule is Cc1cc(CCC(=O)c2nc3n(c(=O)c2O)[C@@H](C)COC[C@H]3N(C)C(=O)OC(C)(C)C)ccc1F. The van der Waals surface area contributed by atoms with Crippen LogP contribution in [0.25, 0.3) is 0 Å². The summed E-state index contributed by atoms with van der Waals surface area (Å²) in [6.07, 6.45) is -0.415. The van der Waals surface area contributed by atoms with E-state index in [4.69, 9.17) is 9.47 Å². The predicted molar refractivity (Wildman–Crippen MR) is 126 cm³/mol. The first-order valence-corrected chi connectivity index (χ1v) is 11.5. The van der Waals surface area contributed by atoms with Crippen LogP contribution in [0.2, 0.25) is 0 Å². The van der Waals surface area contributed by atoms with Crippen LogP contribution in [0.1, 0.15) is 73.6 Å². The highest BCUT2D eigenvalue weighted by atomic mass is 19.1. The number of amides is 1. The fraction of sp³-hybridized carbons (Fsp3) is 0.520. The number of rotatable bonds is 5. The average molecular weight is 490 g/mol. The van der Waals surface area contributed by atoms with Crippen molar-refractivity contribution >= 4 is 11.9 Å². The van der Waals surface area contributed by atoms with Crippen LogP contribution in [0.4, 0.5) is 9.18 Å². The second-order valence-electron chi connectivity index (χ2n) is 9.84. The third-order valence-electron chi connectivity index (χ3n) is 5.77. The van der Waals surface area contributed by atoms with Crippen LogP contribution in [0.15, 0.2) is 23.0 Å². The lowest BCUT2D eigenvalue weighted by Crippen LogP contribution is -2.40. The van der Waals surface area contributed by atoms with E-state index < -0.39 is 40.9 Å². The van der Waals surface area contributed by atoms with Gasteiger partial charge in [0.25, 0.3) is 5.56 Å². The molecule has 0 radical (unpaired) electrons. The minimum atomic E-state index is -0.825. The van der Waals surface area contributed by atoms with Crippen LogP contribution in [0.3, 0.4) is 0 Å². The van der Waals surface area contributed by atoms with Crippen molar-refractivity contribution in [1.82, 2.24) is 14.5 Å². The number of benzene rings is 1. The summed E-state index contributed by atoms with van der Waals surface area (Å²) in [4.78, 5) is 44.5. The zero-order valence-electron chi connectivity index (χ0n) is 20.9. The second kappa shape index (κ2) is 10.2. The minimum Gasteiger partial charge on any atom is -0.501 e. The molecule has 2 aromatic rings. The first kappa shape index (κ1) is 26.3. The molecule has 0 fully saturated rings. The molecule has 1 aromatic carbocycles. The van der Waals surface area contributed by atoms with Crippen LogP contribution in [0, 0.1) is 12.7 Å². The van der Waals surface area contributed by atoms with Crippen molar-refractivity contribution in [2.45, 2.75) is 65.1 Å². The molecule has 1 aliphatic rings. The Morgan fingerprint density at radius 2 is 2.00 bits per heavy atom. The lowest BCUT2D eigenvalue weighted by atomic mass is 10.0. The molecular weight excluding hydrogens is 457 g/mol. The van der Waals surface area contributed by atoms with Gasteiger partial charge in [0.2, 0.25) is 5.75 Å². The van der Waals surface area contributed by atoms with E-state index in [1.807, 2.05) is 0 Å². The molecule has 1 amide bonds. The molecular formula is C25H32FN3O6. The Morgan fingerprint density at radius 3 is 2.63 bits per heavy atom. The number of nitrogens with zero attached hydrogens (tertiary/aromatic N) is 3. The lowest BCUT2D eigenvalue weighted by Gasteiger charge is -2.30. The Kier molecular flexibility index (Phi) is 7.64. The van der Waals surface area contributed by atoms with Gasteiger partial charge in [-0.2, -0.15) is 0 Å². The smallest absolute Gasteiger partial charge is 0.410 e. The van der Waals surface area contributed by atoms with Gasteiger partial charge in [-0.25, -0.2) is 14.2 Å². The van der Waals surface area contributed by atoms with Crippen LogP contribution in [0.5, 0.6) is 5.75 Å². The van der Waals surface area contributed by atoms with E-state index in [0.717, 1.165) is 5.56 Å². The summed E-state index contributed by atoms with van der Waals surface area (Å²) in [7, 11) is 1.50. The molecule has 2 atom stereocenters. The molecule has 190 valence electrons. The number of Topliss-reactive ketones (excluding diaryl/α,β-unsaturated/α-hetero) is 1. The molecule has 0 bridgehead atoms. The summed E-state index contributed by atoms with van der Waals surface area (Å²) in [6.45, 7) is 8.74. The van der Waals surface area contributed by atoms with E-state index in [1.54, 1.807) is 46.8 Å². The Labute approximate surface area is 203 Å². The molecule has 0 aliphatic carbocycles. The van der Waals surface area contributed by atoms with Gasteiger partial charge in [-0.3, -0.25) is 19.1 Å². The van der Waals surface area contributed by atoms with Gasteiger partial charge in [-0.05, 0) is 58.2 Å². The summed E-state index contributed by atoms with van der Waals surface area (Å²) in [5.74, 6) is -1.50. The molecule has 9 nitrogen and oxygen atoms in total. The number of likely N-dealkylation sites (N-methyl/N-ethyl adjacent to an activating group) is 1. The van der Waals surface area contributed by atoms with Crippen LogP contribution < -0.4 is 5.56 Å². The highest BCUT2D eigenvalue weighted by Gasteiger charge is 2.35. The van der Waals surface area contributed by atoms with Gasteiger partial charge in [-0.1, -0.05) is 12.1 Å². The summed E-state index contributed by atoms with van der Waals surface area (Å²) in [5.41, 5.74) is -0.686. The maximum absolute atomic E-state index is 13.5. The summed E-state index contributed by atoms with van der Waals surface area (Å²) in [5, 5.41) is 10.6. The van der Waals surface area contributed by atoms with E-state index >= 15 is 0 Å². The molecule has 10 heteroatoms. The first-order chi connectivity index (χ1) is 16.3. The number of carbonyl (C=O) groups excluding carboxylic acids is 2. The molecule has 1 aromatic heterocycles. The van der Waals surface area contributed by atoms with Gasteiger partial charge in [0.05, 0.1) is 19.3 Å². The van der Waals surface area contributed by atoms with Crippen LogP contribution in [-0.4, -0.2) is 57.3 Å². The van der Waals surface area contributed by atoms with Crippen molar-refractivity contribution in [3.05, 3.63) is 57.0 Å². The maximum Gasteiger partial charge on any atom is 0.410 e. The minimum absolute atomic E-state index is 0.0276. The molecule has 3 rings (SSSR count). The summed E-state index contributed by atoms with van der Waals surface area (Å²) >= 11 is 0. The second-order valence-corrected chi connectivity index (χ2v) is 9.84. The van der Waals surface area contributed by atoms with Gasteiger partial charge in [-0.15, -0.1) is 0 Å². The van der Waals surface area contributed by atoms with Crippen molar-refractivity contribution in [2.24, 2.45) is 0 Å². The molecule has 0 saturated heterocycles. The maximum atomic E-state index is 13.5. The Balaban J connectivity index is 1.97. The lowest BCUT2D eigenvalue weighted by molar-refractivity contribution is 0.00854. The number of carbonyl (C=O) groups is 2. The number of fused-ring (bicyclic) bond motifs is 1. The van der Waals surface area contributed by atoms with Crippen LogP contribution >= 0.6 is 0 Å². The molecule has 1 N–H and O–H groups in total.